The third-order valence-corrected chi connectivity index (χ3v) is 3.40. The maximum Gasteiger partial charge on any atom is 0.319 e. The van der Waals surface area contributed by atoms with Crippen molar-refractivity contribution < 1.29 is 23.0 Å². The van der Waals surface area contributed by atoms with E-state index in [-0.39, 0.29) is 6.54 Å². The summed E-state index contributed by atoms with van der Waals surface area (Å²) in [5.74, 6) is -1.03. The van der Waals surface area contributed by atoms with E-state index in [1.165, 1.54) is 13.2 Å². The van der Waals surface area contributed by atoms with E-state index < -0.39 is 29.5 Å². The van der Waals surface area contributed by atoms with Gasteiger partial charge < -0.3 is 20.1 Å². The van der Waals surface area contributed by atoms with Crippen molar-refractivity contribution in [1.29, 1.82) is 0 Å². The first-order valence-corrected chi connectivity index (χ1v) is 7.20. The monoisotopic (exact) mass is 336 g/mol. The molecule has 0 saturated heterocycles. The number of methoxy groups -OCH3 is 2. The predicted molar refractivity (Wildman–Crippen MR) is 86.1 cm³/mol. The quantitative estimate of drug-likeness (QED) is 0.849. The van der Waals surface area contributed by atoms with Gasteiger partial charge in [-0.05, 0) is 29.8 Å². The first kappa shape index (κ1) is 17.7. The van der Waals surface area contributed by atoms with Gasteiger partial charge in [0.2, 0.25) is 0 Å². The van der Waals surface area contributed by atoms with Crippen LogP contribution in [0.4, 0.5) is 19.3 Å². The Hall–Kier alpha value is -2.67. The highest BCUT2D eigenvalue weighted by Crippen LogP contribution is 2.21. The van der Waals surface area contributed by atoms with Crippen LogP contribution < -0.4 is 15.4 Å². The average Bonchev–Trinajstić information content (AvgIpc) is 2.59. The van der Waals surface area contributed by atoms with E-state index >= 15 is 0 Å². The minimum atomic E-state index is -0.846. The van der Waals surface area contributed by atoms with E-state index in [9.17, 15) is 13.6 Å². The lowest BCUT2D eigenvalue weighted by atomic mass is 10.1. The first-order chi connectivity index (χ1) is 11.5. The van der Waals surface area contributed by atoms with Gasteiger partial charge in [-0.1, -0.05) is 18.2 Å². The molecule has 0 bridgehead atoms. The Morgan fingerprint density at radius 1 is 1.12 bits per heavy atom. The molecule has 2 rings (SSSR count). The maximum absolute atomic E-state index is 13.5. The van der Waals surface area contributed by atoms with Gasteiger partial charge in [-0.25, -0.2) is 13.6 Å². The zero-order valence-electron chi connectivity index (χ0n) is 13.3. The molecule has 2 aromatic carbocycles. The van der Waals surface area contributed by atoms with Gasteiger partial charge in [0.1, 0.15) is 23.1 Å². The van der Waals surface area contributed by atoms with Crippen LogP contribution in [-0.4, -0.2) is 26.8 Å². The van der Waals surface area contributed by atoms with Crippen molar-refractivity contribution in [2.75, 3.05) is 26.1 Å². The van der Waals surface area contributed by atoms with Crippen molar-refractivity contribution in [3.05, 3.63) is 59.7 Å². The molecule has 2 amide bonds. The number of carbonyl (C=O) groups is 1. The highest BCUT2D eigenvalue weighted by Gasteiger charge is 2.15. The molecule has 7 heteroatoms. The number of para-hydroxylation sites is 1. The van der Waals surface area contributed by atoms with Gasteiger partial charge in [-0.3, -0.25) is 0 Å². The van der Waals surface area contributed by atoms with Crippen LogP contribution in [0, 0.1) is 11.6 Å². The second kappa shape index (κ2) is 8.26. The highest BCUT2D eigenvalue weighted by atomic mass is 19.1. The highest BCUT2D eigenvalue weighted by molar-refractivity contribution is 5.89. The summed E-state index contributed by atoms with van der Waals surface area (Å²) in [6.07, 6.45) is -0.434. The van der Waals surface area contributed by atoms with Crippen LogP contribution in [0.15, 0.2) is 42.5 Å². The molecular formula is C17H18F2N2O3. The number of hydrogen-bond donors (Lipinski definition) is 2. The zero-order valence-corrected chi connectivity index (χ0v) is 13.3. The number of carbonyl (C=O) groups excluding carboxylic acids is 1. The van der Waals surface area contributed by atoms with E-state index in [1.807, 2.05) is 6.07 Å². The summed E-state index contributed by atoms with van der Waals surface area (Å²) in [7, 11) is 3.05. The fraction of sp³-hybridized carbons (Fsp3) is 0.235. The Labute approximate surface area is 138 Å². The van der Waals surface area contributed by atoms with Crippen LogP contribution in [0.25, 0.3) is 0 Å². The van der Waals surface area contributed by atoms with Gasteiger partial charge in [-0.2, -0.15) is 0 Å². The molecule has 0 aliphatic carbocycles. The lowest BCUT2D eigenvalue weighted by Crippen LogP contribution is -2.33. The molecule has 0 aliphatic rings. The third kappa shape index (κ3) is 4.42. The molecule has 5 nitrogen and oxygen atoms in total. The largest absolute Gasteiger partial charge is 0.497 e. The molecule has 2 aromatic rings. The molecule has 128 valence electrons. The number of hydrogen-bond acceptors (Lipinski definition) is 3. The number of rotatable bonds is 6. The van der Waals surface area contributed by atoms with Gasteiger partial charge in [0.05, 0.1) is 13.2 Å². The van der Waals surface area contributed by atoms with E-state index in [0.717, 1.165) is 17.7 Å². The lowest BCUT2D eigenvalue weighted by molar-refractivity contribution is 0.104. The molecule has 0 fully saturated rings. The molecular weight excluding hydrogens is 318 g/mol. The van der Waals surface area contributed by atoms with Gasteiger partial charge in [-0.15, -0.1) is 0 Å². The van der Waals surface area contributed by atoms with Crippen molar-refractivity contribution in [3.8, 4) is 5.75 Å². The number of ether oxygens (including phenoxy) is 2. The fourth-order valence-electron chi connectivity index (χ4n) is 2.14. The van der Waals surface area contributed by atoms with Crippen LogP contribution in [0.3, 0.4) is 0 Å². The second-order valence-electron chi connectivity index (χ2n) is 4.93. The van der Waals surface area contributed by atoms with Gasteiger partial charge >= 0.3 is 6.03 Å². The summed E-state index contributed by atoms with van der Waals surface area (Å²) < 4.78 is 37.5. The Bertz CT molecular complexity index is 690. The van der Waals surface area contributed by atoms with Crippen LogP contribution in [-0.2, 0) is 4.74 Å². The maximum atomic E-state index is 13.5. The van der Waals surface area contributed by atoms with E-state index in [1.54, 1.807) is 25.3 Å². The van der Waals surface area contributed by atoms with Crippen molar-refractivity contribution in [2.45, 2.75) is 6.10 Å². The lowest BCUT2D eigenvalue weighted by Gasteiger charge is -2.17. The van der Waals surface area contributed by atoms with Crippen molar-refractivity contribution >= 4 is 11.7 Å². The molecule has 0 aliphatic heterocycles. The Morgan fingerprint density at radius 3 is 2.42 bits per heavy atom. The zero-order chi connectivity index (χ0) is 17.5. The predicted octanol–water partition coefficient (Wildman–Crippen LogP) is 3.48. The van der Waals surface area contributed by atoms with Crippen LogP contribution >= 0.6 is 0 Å². The molecule has 0 spiro atoms. The molecule has 1 unspecified atom stereocenters. The number of nitrogens with one attached hydrogen (secondary N) is 2. The van der Waals surface area contributed by atoms with Crippen LogP contribution in [0.2, 0.25) is 0 Å². The van der Waals surface area contributed by atoms with Gasteiger partial charge in [0.15, 0.2) is 0 Å². The summed E-state index contributed by atoms with van der Waals surface area (Å²) in [5, 5.41) is 4.68. The molecule has 0 heterocycles. The molecule has 0 radical (unpaired) electrons. The molecule has 0 saturated carbocycles. The minimum Gasteiger partial charge on any atom is -0.497 e. The molecule has 0 aromatic heterocycles. The average molecular weight is 336 g/mol. The molecule has 24 heavy (non-hydrogen) atoms. The first-order valence-electron chi connectivity index (χ1n) is 7.20. The summed E-state index contributed by atoms with van der Waals surface area (Å²) in [4.78, 5) is 11.9. The van der Waals surface area contributed by atoms with Gasteiger partial charge in [0.25, 0.3) is 0 Å². The number of halogens is 2. The Kier molecular flexibility index (Phi) is 6.08. The molecule has 2 N–H and O–H groups in total. The van der Waals surface area contributed by atoms with Crippen molar-refractivity contribution in [1.82, 2.24) is 5.32 Å². The SMILES string of the molecule is COc1cccc(C(CNC(=O)Nc2c(F)cccc2F)OC)c1. The Morgan fingerprint density at radius 2 is 1.79 bits per heavy atom. The van der Waals surface area contributed by atoms with E-state index in [2.05, 4.69) is 10.6 Å². The van der Waals surface area contributed by atoms with Crippen molar-refractivity contribution in [3.63, 3.8) is 0 Å². The summed E-state index contributed by atoms with van der Waals surface area (Å²) >= 11 is 0. The number of urea groups is 1. The minimum absolute atomic E-state index is 0.117. The van der Waals surface area contributed by atoms with Crippen molar-refractivity contribution in [2.24, 2.45) is 0 Å². The summed E-state index contributed by atoms with van der Waals surface area (Å²) in [5.41, 5.74) is 0.305. The number of benzene rings is 2. The normalized spacial score (nSPS) is 11.7. The Balaban J connectivity index is 1.98. The molecule has 1 atom stereocenters. The summed E-state index contributed by atoms with van der Waals surface area (Å²) in [6.45, 7) is 0.117. The smallest absolute Gasteiger partial charge is 0.319 e. The van der Waals surface area contributed by atoms with E-state index in [4.69, 9.17) is 9.47 Å². The van der Waals surface area contributed by atoms with Crippen LogP contribution in [0.1, 0.15) is 11.7 Å². The van der Waals surface area contributed by atoms with Crippen LogP contribution in [0.5, 0.6) is 5.75 Å². The van der Waals surface area contributed by atoms with Gasteiger partial charge in [0, 0.05) is 13.7 Å². The number of amides is 2. The van der Waals surface area contributed by atoms with E-state index in [0.29, 0.717) is 5.75 Å². The third-order valence-electron chi connectivity index (χ3n) is 3.40. The number of anilines is 1. The fourth-order valence-corrected chi connectivity index (χ4v) is 2.14. The standard InChI is InChI=1S/C17H18F2N2O3/c1-23-12-6-3-5-11(9-12)15(24-2)10-20-17(22)21-16-13(18)7-4-8-14(16)19/h3-9,15H,10H2,1-2H3,(H2,20,21,22). The topological polar surface area (TPSA) is 59.6 Å². The second-order valence-corrected chi connectivity index (χ2v) is 4.93. The summed E-state index contributed by atoms with van der Waals surface area (Å²) in [6, 6.07) is 9.81.